The quantitative estimate of drug-likeness (QED) is 0.232. The lowest BCUT2D eigenvalue weighted by atomic mass is 10.0. The summed E-state index contributed by atoms with van der Waals surface area (Å²) in [6.07, 6.45) is 5.76. The minimum absolute atomic E-state index is 0.0341. The highest BCUT2D eigenvalue weighted by Crippen LogP contribution is 2.32. The van der Waals surface area contributed by atoms with Gasteiger partial charge in [0, 0.05) is 49.9 Å². The fraction of sp³-hybridized carbons (Fsp3) is 0.179. The second-order valence-corrected chi connectivity index (χ2v) is 9.75. The average molecular weight is 552 g/mol. The Morgan fingerprint density at radius 1 is 1.16 bits per heavy atom. The molecule has 10 heteroatoms. The molecule has 1 amide bonds. The summed E-state index contributed by atoms with van der Waals surface area (Å²) < 4.78 is 28.8. The fourth-order valence-electron chi connectivity index (χ4n) is 4.69. The van der Waals surface area contributed by atoms with Crippen LogP contribution < -0.4 is 5.32 Å². The molecule has 0 radical (unpaired) electrons. The molecule has 1 aliphatic heterocycles. The largest absolute Gasteiger partial charge is 0.333 e. The number of benzene rings is 2. The Bertz CT molecular complexity index is 1600. The SMILES string of the molecule is N#Cc1ccc2c(c1)c1c(n2C(=O)NCc2ccnc(F)c2)CCN(CC=Cc2cc(Cl)c(F)c(Cl)c2)C1. The highest BCUT2D eigenvalue weighted by Gasteiger charge is 2.26. The Hall–Kier alpha value is -3.77. The van der Waals surface area contributed by atoms with Crippen LogP contribution in [-0.4, -0.2) is 33.6 Å². The van der Waals surface area contributed by atoms with Gasteiger partial charge in [0.2, 0.25) is 5.95 Å². The molecule has 0 spiro atoms. The molecular weight excluding hydrogens is 531 g/mol. The van der Waals surface area contributed by atoms with Crippen molar-refractivity contribution in [3.63, 3.8) is 0 Å². The molecule has 0 aliphatic carbocycles. The maximum absolute atomic E-state index is 13.7. The zero-order valence-electron chi connectivity index (χ0n) is 20.0. The van der Waals surface area contributed by atoms with E-state index in [1.54, 1.807) is 28.8 Å². The first-order chi connectivity index (χ1) is 18.3. The second-order valence-electron chi connectivity index (χ2n) is 8.94. The summed E-state index contributed by atoms with van der Waals surface area (Å²) in [5.41, 5.74) is 4.37. The molecule has 5 rings (SSSR count). The maximum Gasteiger partial charge on any atom is 0.326 e. The first-order valence-electron chi connectivity index (χ1n) is 11.8. The molecule has 0 atom stereocenters. The van der Waals surface area contributed by atoms with Crippen molar-refractivity contribution < 1.29 is 13.6 Å². The highest BCUT2D eigenvalue weighted by atomic mass is 35.5. The third kappa shape index (κ3) is 5.27. The van der Waals surface area contributed by atoms with Crippen LogP contribution in [0.15, 0.2) is 54.7 Å². The zero-order valence-corrected chi connectivity index (χ0v) is 21.5. The summed E-state index contributed by atoms with van der Waals surface area (Å²) in [6, 6.07) is 13.1. The van der Waals surface area contributed by atoms with Crippen LogP contribution in [0.5, 0.6) is 0 Å². The number of nitrogens with zero attached hydrogens (tertiary/aromatic N) is 4. The lowest BCUT2D eigenvalue weighted by Crippen LogP contribution is -2.34. The molecule has 0 fully saturated rings. The van der Waals surface area contributed by atoms with Crippen molar-refractivity contribution >= 4 is 46.2 Å². The van der Waals surface area contributed by atoms with Gasteiger partial charge in [-0.15, -0.1) is 0 Å². The van der Waals surface area contributed by atoms with Gasteiger partial charge >= 0.3 is 6.03 Å². The van der Waals surface area contributed by atoms with Crippen LogP contribution in [0.3, 0.4) is 0 Å². The van der Waals surface area contributed by atoms with Crippen molar-refractivity contribution in [1.82, 2.24) is 19.8 Å². The number of aromatic nitrogens is 2. The summed E-state index contributed by atoms with van der Waals surface area (Å²) >= 11 is 11.8. The topological polar surface area (TPSA) is 74.0 Å². The van der Waals surface area contributed by atoms with Crippen LogP contribution in [0, 0.1) is 23.1 Å². The van der Waals surface area contributed by atoms with Crippen molar-refractivity contribution in [2.24, 2.45) is 0 Å². The number of nitrogens with one attached hydrogen (secondary N) is 1. The molecule has 0 bridgehead atoms. The number of rotatable bonds is 5. The van der Waals surface area contributed by atoms with Gasteiger partial charge in [-0.05, 0) is 59.2 Å². The number of carbonyl (C=O) groups is 1. The van der Waals surface area contributed by atoms with Crippen LogP contribution in [0.25, 0.3) is 17.0 Å². The molecule has 2 aromatic heterocycles. The van der Waals surface area contributed by atoms with Crippen LogP contribution in [-0.2, 0) is 19.5 Å². The Labute approximate surface area is 227 Å². The number of nitriles is 1. The standard InChI is InChI=1S/C28H21Cl2F2N5O/c29-22-11-17(12-23(30)27(22)32)2-1-8-36-9-6-25-21(16-36)20-10-18(14-33)3-4-24(20)37(25)28(38)35-15-19-5-7-34-26(31)13-19/h1-5,7,10-13H,6,8-9,15-16H2,(H,35,38). The predicted molar refractivity (Wildman–Crippen MR) is 143 cm³/mol. The molecular formula is C28H21Cl2F2N5O. The van der Waals surface area contributed by atoms with E-state index in [0.29, 0.717) is 48.3 Å². The fourth-order valence-corrected chi connectivity index (χ4v) is 5.19. The molecule has 0 saturated carbocycles. The zero-order chi connectivity index (χ0) is 26.8. The second kappa shape index (κ2) is 10.9. The monoisotopic (exact) mass is 551 g/mol. The van der Waals surface area contributed by atoms with Gasteiger partial charge < -0.3 is 5.32 Å². The van der Waals surface area contributed by atoms with E-state index in [1.165, 1.54) is 24.4 Å². The summed E-state index contributed by atoms with van der Waals surface area (Å²) in [7, 11) is 0. The Morgan fingerprint density at radius 3 is 2.68 bits per heavy atom. The molecule has 0 saturated heterocycles. The van der Waals surface area contributed by atoms with Crippen molar-refractivity contribution in [3.8, 4) is 6.07 Å². The van der Waals surface area contributed by atoms with Crippen molar-refractivity contribution in [2.45, 2.75) is 19.5 Å². The van der Waals surface area contributed by atoms with E-state index >= 15 is 0 Å². The molecule has 4 aromatic rings. The number of hydrogen-bond donors (Lipinski definition) is 1. The smallest absolute Gasteiger partial charge is 0.326 e. The van der Waals surface area contributed by atoms with Crippen LogP contribution in [0.1, 0.15) is 27.9 Å². The van der Waals surface area contributed by atoms with Gasteiger partial charge in [-0.3, -0.25) is 9.47 Å². The van der Waals surface area contributed by atoms with Gasteiger partial charge in [0.25, 0.3) is 0 Å². The van der Waals surface area contributed by atoms with E-state index in [-0.39, 0.29) is 22.6 Å². The first-order valence-corrected chi connectivity index (χ1v) is 12.6. The lowest BCUT2D eigenvalue weighted by Gasteiger charge is -2.27. The molecule has 3 heterocycles. The normalized spacial score (nSPS) is 13.6. The molecule has 2 aromatic carbocycles. The van der Waals surface area contributed by atoms with Gasteiger partial charge in [-0.2, -0.15) is 9.65 Å². The van der Waals surface area contributed by atoms with E-state index in [1.807, 2.05) is 12.2 Å². The number of carbonyl (C=O) groups excluding carboxylic acids is 1. The third-order valence-corrected chi connectivity index (χ3v) is 7.02. The first kappa shape index (κ1) is 25.9. The molecule has 38 heavy (non-hydrogen) atoms. The van der Waals surface area contributed by atoms with E-state index in [2.05, 4.69) is 21.3 Å². The lowest BCUT2D eigenvalue weighted by molar-refractivity contribution is 0.240. The maximum atomic E-state index is 13.7. The van der Waals surface area contributed by atoms with Gasteiger partial charge in [-0.25, -0.2) is 14.2 Å². The van der Waals surface area contributed by atoms with Crippen molar-refractivity contribution in [1.29, 1.82) is 5.26 Å². The summed E-state index contributed by atoms with van der Waals surface area (Å²) in [5.74, 6) is -1.25. The summed E-state index contributed by atoms with van der Waals surface area (Å²) in [5, 5.41) is 13.1. The van der Waals surface area contributed by atoms with Crippen LogP contribution >= 0.6 is 23.2 Å². The van der Waals surface area contributed by atoms with Gasteiger partial charge in [0.15, 0.2) is 5.82 Å². The minimum Gasteiger partial charge on any atom is -0.333 e. The summed E-state index contributed by atoms with van der Waals surface area (Å²) in [4.78, 5) is 19.1. The number of halogens is 4. The molecule has 1 aliphatic rings. The number of pyridine rings is 1. The van der Waals surface area contributed by atoms with E-state index < -0.39 is 11.8 Å². The predicted octanol–water partition coefficient (Wildman–Crippen LogP) is 6.32. The average Bonchev–Trinajstić information content (AvgIpc) is 3.23. The minimum atomic E-state index is -0.640. The van der Waals surface area contributed by atoms with Gasteiger partial charge in [-0.1, -0.05) is 35.4 Å². The summed E-state index contributed by atoms with van der Waals surface area (Å²) in [6.45, 7) is 2.03. The Balaban J connectivity index is 1.39. The highest BCUT2D eigenvalue weighted by molar-refractivity contribution is 6.35. The third-order valence-electron chi connectivity index (χ3n) is 6.47. The molecule has 0 unspecified atom stereocenters. The molecule has 6 nitrogen and oxygen atoms in total. The van der Waals surface area contributed by atoms with E-state index in [9.17, 15) is 18.8 Å². The molecule has 192 valence electrons. The van der Waals surface area contributed by atoms with E-state index in [0.717, 1.165) is 16.6 Å². The Morgan fingerprint density at radius 2 is 1.95 bits per heavy atom. The molecule has 1 N–H and O–H groups in total. The van der Waals surface area contributed by atoms with Crippen molar-refractivity contribution in [2.75, 3.05) is 13.1 Å². The van der Waals surface area contributed by atoms with Crippen LogP contribution in [0.4, 0.5) is 13.6 Å². The Kier molecular flexibility index (Phi) is 7.43. The van der Waals surface area contributed by atoms with Gasteiger partial charge in [0.1, 0.15) is 0 Å². The van der Waals surface area contributed by atoms with Crippen LogP contribution in [0.2, 0.25) is 10.0 Å². The van der Waals surface area contributed by atoms with Gasteiger partial charge in [0.05, 0.1) is 27.2 Å². The van der Waals surface area contributed by atoms with Crippen molar-refractivity contribution in [3.05, 3.63) is 104 Å². The van der Waals surface area contributed by atoms with E-state index in [4.69, 9.17) is 23.2 Å². The number of amides is 1. The number of fused-ring (bicyclic) bond motifs is 3. The number of hydrogen-bond acceptors (Lipinski definition) is 4.